The zero-order valence-corrected chi connectivity index (χ0v) is 10.2. The fraction of sp³-hybridized carbons (Fsp3) is 0.417. The van der Waals surface area contributed by atoms with Crippen LogP contribution >= 0.6 is 0 Å². The fourth-order valence-corrected chi connectivity index (χ4v) is 1.54. The van der Waals surface area contributed by atoms with E-state index in [1.54, 1.807) is 19.9 Å². The highest BCUT2D eigenvalue weighted by Crippen LogP contribution is 2.29. The van der Waals surface area contributed by atoms with Gasteiger partial charge in [-0.1, -0.05) is 6.07 Å². The predicted octanol–water partition coefficient (Wildman–Crippen LogP) is 2.28. The van der Waals surface area contributed by atoms with E-state index in [-0.39, 0.29) is 24.5 Å². The molecule has 0 radical (unpaired) electrons. The molecule has 0 saturated carbocycles. The lowest BCUT2D eigenvalue weighted by Gasteiger charge is -2.13. The molecule has 1 rings (SSSR count). The quantitative estimate of drug-likeness (QED) is 0.651. The summed E-state index contributed by atoms with van der Waals surface area (Å²) in [4.78, 5) is 11.3. The largest absolute Gasteiger partial charge is 0.466 e. The zero-order valence-electron chi connectivity index (χ0n) is 10.2. The molecule has 0 amide bonds. The molecule has 2 N–H and O–H groups in total. The lowest BCUT2D eigenvalue weighted by molar-refractivity contribution is -0.142. The second-order valence-corrected chi connectivity index (χ2v) is 3.70. The number of carbonyl (C=O) groups is 1. The number of hydrogen-bond acceptors (Lipinski definition) is 4. The maximum Gasteiger partial charge on any atom is 0.387 e. The molecule has 0 aromatic heterocycles. The van der Waals surface area contributed by atoms with Crippen molar-refractivity contribution < 1.29 is 23.0 Å². The molecule has 0 heterocycles. The molecule has 1 aromatic rings. The predicted molar refractivity (Wildman–Crippen MR) is 62.6 cm³/mol. The molecule has 0 saturated heterocycles. The van der Waals surface area contributed by atoms with Gasteiger partial charge in [-0.15, -0.1) is 0 Å². The van der Waals surface area contributed by atoms with E-state index >= 15 is 0 Å². The Labute approximate surface area is 104 Å². The smallest absolute Gasteiger partial charge is 0.387 e. The maximum atomic E-state index is 12.2. The average molecular weight is 259 g/mol. The Kier molecular flexibility index (Phi) is 4.88. The summed E-state index contributed by atoms with van der Waals surface area (Å²) >= 11 is 0. The van der Waals surface area contributed by atoms with Gasteiger partial charge in [-0.05, 0) is 31.0 Å². The number of esters is 1. The summed E-state index contributed by atoms with van der Waals surface area (Å²) in [6, 6.07) is 3.04. The Morgan fingerprint density at radius 2 is 2.11 bits per heavy atom. The Balaban J connectivity index is 2.97. The van der Waals surface area contributed by atoms with Crippen LogP contribution in [0.3, 0.4) is 0 Å². The van der Waals surface area contributed by atoms with E-state index in [0.29, 0.717) is 11.1 Å². The summed E-state index contributed by atoms with van der Waals surface area (Å²) in [5.74, 6) is -0.581. The van der Waals surface area contributed by atoms with Gasteiger partial charge in [0.2, 0.25) is 0 Å². The molecule has 0 aliphatic heterocycles. The number of benzene rings is 1. The Bertz CT molecular complexity index is 436. The molecular weight excluding hydrogens is 244 g/mol. The first-order valence-corrected chi connectivity index (χ1v) is 5.43. The summed E-state index contributed by atoms with van der Waals surface area (Å²) in [6.45, 7) is 0.685. The van der Waals surface area contributed by atoms with Gasteiger partial charge < -0.3 is 15.2 Å². The van der Waals surface area contributed by atoms with Crippen LogP contribution in [0.2, 0.25) is 0 Å². The highest BCUT2D eigenvalue weighted by Gasteiger charge is 2.15. The molecule has 6 heteroatoms. The molecule has 0 fully saturated rings. The molecular formula is C12H15F2NO3. The van der Waals surface area contributed by atoms with Crippen molar-refractivity contribution in [1.82, 2.24) is 0 Å². The minimum Gasteiger partial charge on any atom is -0.466 e. The first-order valence-electron chi connectivity index (χ1n) is 5.43. The van der Waals surface area contributed by atoms with Gasteiger partial charge in [0.15, 0.2) is 0 Å². The number of alkyl halides is 2. The van der Waals surface area contributed by atoms with Crippen LogP contribution < -0.4 is 10.5 Å². The molecule has 18 heavy (non-hydrogen) atoms. The molecule has 0 bridgehead atoms. The summed E-state index contributed by atoms with van der Waals surface area (Å²) < 4.78 is 33.4. The van der Waals surface area contributed by atoms with Gasteiger partial charge in [0.05, 0.1) is 18.7 Å². The van der Waals surface area contributed by atoms with Gasteiger partial charge >= 0.3 is 12.6 Å². The van der Waals surface area contributed by atoms with E-state index in [4.69, 9.17) is 10.5 Å². The van der Waals surface area contributed by atoms with E-state index in [9.17, 15) is 13.6 Å². The van der Waals surface area contributed by atoms with Crippen LogP contribution in [0.4, 0.5) is 14.5 Å². The number of nitrogen functional groups attached to an aromatic ring is 1. The second-order valence-electron chi connectivity index (χ2n) is 3.70. The standard InChI is InChI=1S/C12H15F2NO3/c1-3-17-10(16)6-8-4-7(2)5-9(11(8)15)18-12(13)14/h4-5,12H,3,6,15H2,1-2H3. The summed E-state index contributed by atoms with van der Waals surface area (Å²) in [5.41, 5.74) is 6.82. The SMILES string of the molecule is CCOC(=O)Cc1cc(C)cc(OC(F)F)c1N. The molecule has 0 aliphatic carbocycles. The normalized spacial score (nSPS) is 10.5. The van der Waals surface area contributed by atoms with Crippen molar-refractivity contribution in [3.63, 3.8) is 0 Å². The molecule has 4 nitrogen and oxygen atoms in total. The topological polar surface area (TPSA) is 61.5 Å². The molecule has 0 atom stereocenters. The third-order valence-electron chi connectivity index (χ3n) is 2.23. The van der Waals surface area contributed by atoms with Crippen molar-refractivity contribution in [3.05, 3.63) is 23.3 Å². The first kappa shape index (κ1) is 14.2. The fourth-order valence-electron chi connectivity index (χ4n) is 1.54. The molecule has 1 aromatic carbocycles. The lowest BCUT2D eigenvalue weighted by atomic mass is 10.1. The van der Waals surface area contributed by atoms with Gasteiger partial charge in [-0.25, -0.2) is 0 Å². The average Bonchev–Trinajstić information content (AvgIpc) is 2.24. The maximum absolute atomic E-state index is 12.2. The van der Waals surface area contributed by atoms with E-state index in [1.807, 2.05) is 0 Å². The van der Waals surface area contributed by atoms with Crippen LogP contribution in [0.15, 0.2) is 12.1 Å². The monoisotopic (exact) mass is 259 g/mol. The Morgan fingerprint density at radius 3 is 2.67 bits per heavy atom. The van der Waals surface area contributed by atoms with Crippen LogP contribution in [0.1, 0.15) is 18.1 Å². The summed E-state index contributed by atoms with van der Waals surface area (Å²) in [6.07, 6.45) is -0.0685. The highest BCUT2D eigenvalue weighted by atomic mass is 19.3. The Hall–Kier alpha value is -1.85. The minimum atomic E-state index is -2.95. The van der Waals surface area contributed by atoms with Gasteiger partial charge in [0.25, 0.3) is 0 Å². The molecule has 0 unspecified atom stereocenters. The number of anilines is 1. The number of aryl methyl sites for hydroxylation is 1. The van der Waals surface area contributed by atoms with Crippen LogP contribution in [0, 0.1) is 6.92 Å². The second kappa shape index (κ2) is 6.18. The van der Waals surface area contributed by atoms with Gasteiger partial charge in [-0.2, -0.15) is 8.78 Å². The Morgan fingerprint density at radius 1 is 1.44 bits per heavy atom. The number of nitrogens with two attached hydrogens (primary N) is 1. The van der Waals surface area contributed by atoms with Crippen molar-refractivity contribution >= 4 is 11.7 Å². The minimum absolute atomic E-state index is 0.0361. The van der Waals surface area contributed by atoms with Gasteiger partial charge in [0, 0.05) is 0 Å². The summed E-state index contributed by atoms with van der Waals surface area (Å²) in [5, 5.41) is 0. The van der Waals surface area contributed by atoms with Crippen molar-refractivity contribution in [2.24, 2.45) is 0 Å². The number of hydrogen-bond donors (Lipinski definition) is 1. The van der Waals surface area contributed by atoms with Gasteiger partial charge in [0.1, 0.15) is 5.75 Å². The van der Waals surface area contributed by atoms with Crippen LogP contribution in [-0.4, -0.2) is 19.2 Å². The van der Waals surface area contributed by atoms with E-state index in [2.05, 4.69) is 4.74 Å². The number of carbonyl (C=O) groups excluding carboxylic acids is 1. The van der Waals surface area contributed by atoms with E-state index in [1.165, 1.54) is 6.07 Å². The molecule has 0 spiro atoms. The van der Waals surface area contributed by atoms with Crippen molar-refractivity contribution in [1.29, 1.82) is 0 Å². The van der Waals surface area contributed by atoms with Crippen LogP contribution in [0.25, 0.3) is 0 Å². The van der Waals surface area contributed by atoms with Gasteiger partial charge in [-0.3, -0.25) is 4.79 Å². The number of rotatable bonds is 5. The number of ether oxygens (including phenoxy) is 2. The number of halogens is 2. The highest BCUT2D eigenvalue weighted by molar-refractivity contribution is 5.76. The third kappa shape index (κ3) is 3.87. The van der Waals surface area contributed by atoms with Crippen LogP contribution in [-0.2, 0) is 16.0 Å². The van der Waals surface area contributed by atoms with Crippen molar-refractivity contribution in [2.45, 2.75) is 26.9 Å². The first-order chi connectivity index (χ1) is 8.43. The molecule has 0 aliphatic rings. The summed E-state index contributed by atoms with van der Waals surface area (Å²) in [7, 11) is 0. The molecule has 100 valence electrons. The zero-order chi connectivity index (χ0) is 13.7. The van der Waals surface area contributed by atoms with Crippen molar-refractivity contribution in [3.8, 4) is 5.75 Å². The van der Waals surface area contributed by atoms with E-state index in [0.717, 1.165) is 0 Å². The van der Waals surface area contributed by atoms with Crippen LogP contribution in [0.5, 0.6) is 5.75 Å². The lowest BCUT2D eigenvalue weighted by Crippen LogP contribution is -2.11. The third-order valence-corrected chi connectivity index (χ3v) is 2.23. The van der Waals surface area contributed by atoms with E-state index < -0.39 is 12.6 Å². The van der Waals surface area contributed by atoms with Crippen molar-refractivity contribution in [2.75, 3.05) is 12.3 Å².